The average molecular weight is 353 g/mol. The second-order valence-corrected chi connectivity index (χ2v) is 5.68. The van der Waals surface area contributed by atoms with Crippen LogP contribution >= 0.6 is 12.4 Å². The van der Waals surface area contributed by atoms with E-state index in [1.165, 1.54) is 12.1 Å². The number of carbonyl (C=O) groups excluding carboxylic acids is 1. The Bertz CT molecular complexity index is 492. The Hall–Kier alpha value is -1.27. The Morgan fingerprint density at radius 2 is 1.91 bits per heavy atom. The van der Waals surface area contributed by atoms with Crippen LogP contribution in [-0.2, 0) is 11.0 Å². The highest BCUT2D eigenvalue weighted by Gasteiger charge is 2.30. The maximum atomic E-state index is 12.7. The van der Waals surface area contributed by atoms with Crippen LogP contribution in [0.4, 0.5) is 13.2 Å². The van der Waals surface area contributed by atoms with Gasteiger partial charge in [-0.15, -0.1) is 12.4 Å². The van der Waals surface area contributed by atoms with Crippen molar-refractivity contribution in [1.29, 1.82) is 0 Å². The van der Waals surface area contributed by atoms with Gasteiger partial charge in [0.1, 0.15) is 0 Å². The molecule has 2 unspecified atom stereocenters. The van der Waals surface area contributed by atoms with Crippen molar-refractivity contribution in [2.24, 2.45) is 5.73 Å². The molecule has 0 saturated heterocycles. The van der Waals surface area contributed by atoms with E-state index in [9.17, 15) is 18.0 Å². The van der Waals surface area contributed by atoms with E-state index in [0.717, 1.165) is 6.07 Å². The summed E-state index contributed by atoms with van der Waals surface area (Å²) in [6.45, 7) is 4.13. The fourth-order valence-electron chi connectivity index (χ4n) is 2.06. The second-order valence-electron chi connectivity index (χ2n) is 5.68. The van der Waals surface area contributed by atoms with Gasteiger partial charge in [0.2, 0.25) is 5.91 Å². The second kappa shape index (κ2) is 9.78. The Morgan fingerprint density at radius 3 is 2.48 bits per heavy atom. The van der Waals surface area contributed by atoms with Crippen LogP contribution in [0.15, 0.2) is 24.3 Å². The third-order valence-corrected chi connectivity index (χ3v) is 3.51. The van der Waals surface area contributed by atoms with E-state index in [-0.39, 0.29) is 30.3 Å². The SMILES string of the molecule is CC(N)CCC(=O)NCCC(C)c1cccc(C(F)(F)F)c1.Cl. The first kappa shape index (κ1) is 21.7. The standard InChI is InChI=1S/C16H23F3N2O.ClH/c1-11(8-9-21-15(22)7-6-12(2)20)13-4-3-5-14(10-13)16(17,18)19;/h3-5,10-12H,6-9,20H2,1-2H3,(H,21,22);1H. The smallest absolute Gasteiger partial charge is 0.356 e. The van der Waals surface area contributed by atoms with Gasteiger partial charge in [-0.1, -0.05) is 25.1 Å². The molecule has 0 fully saturated rings. The van der Waals surface area contributed by atoms with Crippen LogP contribution in [0, 0.1) is 0 Å². The fourth-order valence-corrected chi connectivity index (χ4v) is 2.06. The van der Waals surface area contributed by atoms with Crippen LogP contribution in [0.1, 0.15) is 50.2 Å². The summed E-state index contributed by atoms with van der Waals surface area (Å²) in [7, 11) is 0. The molecule has 0 radical (unpaired) electrons. The molecule has 0 bridgehead atoms. The quantitative estimate of drug-likeness (QED) is 0.782. The number of hydrogen-bond acceptors (Lipinski definition) is 2. The molecule has 23 heavy (non-hydrogen) atoms. The third kappa shape index (κ3) is 8.23. The first-order chi connectivity index (χ1) is 10.2. The molecule has 7 heteroatoms. The number of nitrogens with two attached hydrogens (primary N) is 1. The summed E-state index contributed by atoms with van der Waals surface area (Å²) in [5.41, 5.74) is 5.55. The van der Waals surface area contributed by atoms with Crippen LogP contribution in [-0.4, -0.2) is 18.5 Å². The highest BCUT2D eigenvalue weighted by atomic mass is 35.5. The van der Waals surface area contributed by atoms with Gasteiger partial charge in [-0.25, -0.2) is 0 Å². The number of halogens is 4. The number of rotatable bonds is 7. The molecular formula is C16H24ClF3N2O. The Kier molecular flexibility index (Phi) is 9.24. The summed E-state index contributed by atoms with van der Waals surface area (Å²) in [4.78, 5) is 11.5. The van der Waals surface area contributed by atoms with Crippen molar-refractivity contribution in [2.45, 2.75) is 51.2 Å². The molecule has 0 aliphatic rings. The molecule has 1 rings (SSSR count). The van der Waals surface area contributed by atoms with Crippen molar-refractivity contribution in [1.82, 2.24) is 5.32 Å². The van der Waals surface area contributed by atoms with Crippen LogP contribution in [0.25, 0.3) is 0 Å². The Morgan fingerprint density at radius 1 is 1.26 bits per heavy atom. The minimum atomic E-state index is -4.33. The zero-order valence-corrected chi connectivity index (χ0v) is 14.1. The van der Waals surface area contributed by atoms with E-state index in [4.69, 9.17) is 5.73 Å². The van der Waals surface area contributed by atoms with Gasteiger partial charge in [0.15, 0.2) is 0 Å². The van der Waals surface area contributed by atoms with Crippen molar-refractivity contribution in [2.75, 3.05) is 6.54 Å². The lowest BCUT2D eigenvalue weighted by Gasteiger charge is -2.15. The van der Waals surface area contributed by atoms with E-state index in [2.05, 4.69) is 5.32 Å². The molecule has 132 valence electrons. The van der Waals surface area contributed by atoms with Crippen LogP contribution < -0.4 is 11.1 Å². The molecule has 0 aromatic heterocycles. The number of carbonyl (C=O) groups is 1. The zero-order chi connectivity index (χ0) is 16.8. The van der Waals surface area contributed by atoms with Crippen LogP contribution in [0.5, 0.6) is 0 Å². The van der Waals surface area contributed by atoms with Gasteiger partial charge in [-0.05, 0) is 37.3 Å². The highest BCUT2D eigenvalue weighted by Crippen LogP contribution is 2.31. The largest absolute Gasteiger partial charge is 0.416 e. The van der Waals surface area contributed by atoms with E-state index in [1.807, 2.05) is 13.8 Å². The maximum absolute atomic E-state index is 12.7. The normalized spacial score (nSPS) is 13.8. The summed E-state index contributed by atoms with van der Waals surface area (Å²) in [5, 5.41) is 2.77. The molecule has 0 aliphatic heterocycles. The Labute approximate surface area is 141 Å². The van der Waals surface area contributed by atoms with Crippen molar-refractivity contribution in [3.8, 4) is 0 Å². The molecule has 1 aromatic carbocycles. The minimum Gasteiger partial charge on any atom is -0.356 e. The Balaban J connectivity index is 0.00000484. The number of amides is 1. The van der Waals surface area contributed by atoms with Gasteiger partial charge >= 0.3 is 6.18 Å². The molecule has 3 nitrogen and oxygen atoms in total. The lowest BCUT2D eigenvalue weighted by atomic mass is 9.96. The van der Waals surface area contributed by atoms with Gasteiger partial charge in [-0.3, -0.25) is 4.79 Å². The van der Waals surface area contributed by atoms with E-state index in [1.54, 1.807) is 6.07 Å². The summed E-state index contributed by atoms with van der Waals surface area (Å²) in [5.74, 6) is -0.135. The average Bonchev–Trinajstić information content (AvgIpc) is 2.44. The first-order valence-corrected chi connectivity index (χ1v) is 7.39. The van der Waals surface area contributed by atoms with Gasteiger partial charge < -0.3 is 11.1 Å². The summed E-state index contributed by atoms with van der Waals surface area (Å²) in [6.07, 6.45) is -2.75. The van der Waals surface area contributed by atoms with Gasteiger partial charge in [0, 0.05) is 19.0 Å². The van der Waals surface area contributed by atoms with Gasteiger partial charge in [0.25, 0.3) is 0 Å². The number of hydrogen-bond donors (Lipinski definition) is 2. The molecule has 0 spiro atoms. The lowest BCUT2D eigenvalue weighted by molar-refractivity contribution is -0.137. The first-order valence-electron chi connectivity index (χ1n) is 7.39. The molecule has 1 amide bonds. The van der Waals surface area contributed by atoms with Gasteiger partial charge in [-0.2, -0.15) is 13.2 Å². The molecule has 0 heterocycles. The lowest BCUT2D eigenvalue weighted by Crippen LogP contribution is -2.27. The summed E-state index contributed by atoms with van der Waals surface area (Å²) >= 11 is 0. The topological polar surface area (TPSA) is 55.1 Å². The third-order valence-electron chi connectivity index (χ3n) is 3.51. The fraction of sp³-hybridized carbons (Fsp3) is 0.562. The molecular weight excluding hydrogens is 329 g/mol. The monoisotopic (exact) mass is 352 g/mol. The molecule has 0 aliphatic carbocycles. The van der Waals surface area contributed by atoms with E-state index < -0.39 is 11.7 Å². The molecule has 1 aromatic rings. The molecule has 2 atom stereocenters. The molecule has 0 saturated carbocycles. The van der Waals surface area contributed by atoms with Crippen LogP contribution in [0.3, 0.4) is 0 Å². The van der Waals surface area contributed by atoms with Crippen LogP contribution in [0.2, 0.25) is 0 Å². The minimum absolute atomic E-state index is 0. The summed E-state index contributed by atoms with van der Waals surface area (Å²) in [6, 6.07) is 5.30. The van der Waals surface area contributed by atoms with E-state index in [0.29, 0.717) is 31.4 Å². The predicted octanol–water partition coefficient (Wildman–Crippen LogP) is 3.86. The number of benzene rings is 1. The number of alkyl halides is 3. The van der Waals surface area contributed by atoms with E-state index >= 15 is 0 Å². The maximum Gasteiger partial charge on any atom is 0.416 e. The van der Waals surface area contributed by atoms with Crippen molar-refractivity contribution in [3.05, 3.63) is 35.4 Å². The van der Waals surface area contributed by atoms with Crippen molar-refractivity contribution in [3.63, 3.8) is 0 Å². The zero-order valence-electron chi connectivity index (χ0n) is 13.3. The van der Waals surface area contributed by atoms with Crippen molar-refractivity contribution < 1.29 is 18.0 Å². The number of nitrogens with one attached hydrogen (secondary N) is 1. The highest BCUT2D eigenvalue weighted by molar-refractivity contribution is 5.85. The van der Waals surface area contributed by atoms with Crippen molar-refractivity contribution >= 4 is 18.3 Å². The summed E-state index contributed by atoms with van der Waals surface area (Å²) < 4.78 is 38.0. The molecule has 3 N–H and O–H groups in total. The predicted molar refractivity (Wildman–Crippen MR) is 87.6 cm³/mol. The van der Waals surface area contributed by atoms with Gasteiger partial charge in [0.05, 0.1) is 5.56 Å².